The Balaban J connectivity index is 0.000000310. The summed E-state index contributed by atoms with van der Waals surface area (Å²) in [5.74, 6) is 0.258. The second-order valence-corrected chi connectivity index (χ2v) is 2.42. The van der Waals surface area contributed by atoms with E-state index in [0.29, 0.717) is 0 Å². The number of carbonyl (C=O) groups excluding carboxylic acids is 1. The van der Waals surface area contributed by atoms with E-state index in [4.69, 9.17) is 0 Å². The molecule has 1 fully saturated rings. The molecule has 0 aromatic rings. The van der Waals surface area contributed by atoms with Crippen molar-refractivity contribution in [3.63, 3.8) is 0 Å². The molecule has 0 atom stereocenters. The molecule has 0 N–H and O–H groups in total. The second kappa shape index (κ2) is 6.57. The van der Waals surface area contributed by atoms with Gasteiger partial charge in [0.2, 0.25) is 5.91 Å². The van der Waals surface area contributed by atoms with Crippen molar-refractivity contribution in [1.82, 2.24) is 4.90 Å². The van der Waals surface area contributed by atoms with Gasteiger partial charge in [0.25, 0.3) is 0 Å². The third-order valence-electron chi connectivity index (χ3n) is 1.44. The highest BCUT2D eigenvalue weighted by Crippen LogP contribution is 2.08. The lowest BCUT2D eigenvalue weighted by atomic mass is 10.4. The van der Waals surface area contributed by atoms with Crippen LogP contribution in [0.5, 0.6) is 0 Å². The summed E-state index contributed by atoms with van der Waals surface area (Å²) >= 11 is 0. The lowest BCUT2D eigenvalue weighted by molar-refractivity contribution is -0.125. The second-order valence-electron chi connectivity index (χ2n) is 2.42. The summed E-state index contributed by atoms with van der Waals surface area (Å²) < 4.78 is 29.0. The third-order valence-corrected chi connectivity index (χ3v) is 1.44. The average Bonchev–Trinajstić information content (AvgIpc) is 2.36. The molecule has 74 valence electrons. The van der Waals surface area contributed by atoms with Crippen molar-refractivity contribution in [2.45, 2.75) is 19.8 Å². The standard InChI is InChI=1S/C7H11NO.BF3/c1-2-5-8-6-3-4-7(8)9;2-1(3)4/h2,5H,3-4,6H2,1H3;. The molecule has 1 aliphatic rings. The molecular formula is C7H11BF3NO. The minimum absolute atomic E-state index is 0.258. The molecule has 0 aliphatic carbocycles. The number of allylic oxidation sites excluding steroid dienone is 1. The molecule has 13 heavy (non-hydrogen) atoms. The lowest BCUT2D eigenvalue weighted by Crippen LogP contribution is -2.16. The van der Waals surface area contributed by atoms with Crippen LogP contribution < -0.4 is 0 Å². The molecule has 1 amide bonds. The van der Waals surface area contributed by atoms with Crippen molar-refractivity contribution in [3.05, 3.63) is 12.3 Å². The van der Waals surface area contributed by atoms with Crippen LogP contribution in [0.15, 0.2) is 12.3 Å². The Labute approximate surface area is 75.6 Å². The van der Waals surface area contributed by atoms with E-state index in [-0.39, 0.29) is 5.91 Å². The number of halogens is 3. The van der Waals surface area contributed by atoms with Crippen LogP contribution in [0.25, 0.3) is 0 Å². The molecular weight excluding hydrogens is 182 g/mol. The number of likely N-dealkylation sites (tertiary alicyclic amines) is 1. The van der Waals surface area contributed by atoms with Gasteiger partial charge in [0, 0.05) is 19.2 Å². The van der Waals surface area contributed by atoms with Gasteiger partial charge in [0.15, 0.2) is 0 Å². The topological polar surface area (TPSA) is 20.3 Å². The summed E-state index contributed by atoms with van der Waals surface area (Å²) in [7, 11) is -3.67. The molecule has 6 heteroatoms. The Hall–Kier alpha value is -0.935. The van der Waals surface area contributed by atoms with Crippen molar-refractivity contribution in [3.8, 4) is 0 Å². The molecule has 0 bridgehead atoms. The third kappa shape index (κ3) is 6.25. The zero-order valence-corrected chi connectivity index (χ0v) is 7.34. The predicted molar refractivity (Wildman–Crippen MR) is 44.8 cm³/mol. The fourth-order valence-electron chi connectivity index (χ4n) is 1.01. The summed E-state index contributed by atoms with van der Waals surface area (Å²) in [4.78, 5) is 12.6. The summed E-state index contributed by atoms with van der Waals surface area (Å²) in [6, 6.07) is 0. The van der Waals surface area contributed by atoms with Crippen LogP contribution in [0.4, 0.5) is 12.9 Å². The lowest BCUT2D eigenvalue weighted by Gasteiger charge is -2.06. The fourth-order valence-corrected chi connectivity index (χ4v) is 1.01. The first kappa shape index (κ1) is 12.1. The van der Waals surface area contributed by atoms with E-state index in [1.807, 2.05) is 19.2 Å². The highest BCUT2D eigenvalue weighted by molar-refractivity contribution is 6.33. The largest absolute Gasteiger partial charge is 0.762 e. The van der Waals surface area contributed by atoms with Crippen molar-refractivity contribution in [2.75, 3.05) is 6.54 Å². The summed E-state index contributed by atoms with van der Waals surface area (Å²) in [5.41, 5.74) is 0. The number of amides is 1. The summed E-state index contributed by atoms with van der Waals surface area (Å²) in [6.45, 7) is 2.83. The first-order valence-electron chi connectivity index (χ1n) is 3.92. The summed E-state index contributed by atoms with van der Waals surface area (Å²) in [5, 5.41) is 0. The Bertz CT molecular complexity index is 184. The molecule has 1 saturated heterocycles. The maximum Gasteiger partial charge on any atom is 0.762 e. The van der Waals surface area contributed by atoms with Gasteiger partial charge < -0.3 is 4.90 Å². The minimum Gasteiger partial charge on any atom is -0.319 e. The molecule has 0 radical (unpaired) electrons. The monoisotopic (exact) mass is 193 g/mol. The molecule has 2 nitrogen and oxygen atoms in total. The summed E-state index contributed by atoms with van der Waals surface area (Å²) in [6.07, 6.45) is 5.48. The van der Waals surface area contributed by atoms with Crippen LogP contribution in [0.2, 0.25) is 0 Å². The van der Waals surface area contributed by atoms with Crippen molar-refractivity contribution in [2.24, 2.45) is 0 Å². The molecule has 0 aromatic heterocycles. The Morgan fingerprint density at radius 2 is 2.00 bits per heavy atom. The molecule has 0 saturated carbocycles. The van der Waals surface area contributed by atoms with Crippen LogP contribution in [0.1, 0.15) is 19.8 Å². The van der Waals surface area contributed by atoms with Gasteiger partial charge in [-0.2, -0.15) is 0 Å². The number of hydrogen-bond acceptors (Lipinski definition) is 1. The number of carbonyl (C=O) groups is 1. The smallest absolute Gasteiger partial charge is 0.319 e. The van der Waals surface area contributed by atoms with Crippen LogP contribution in [0.3, 0.4) is 0 Å². The maximum absolute atomic E-state index is 10.8. The van der Waals surface area contributed by atoms with Crippen molar-refractivity contribution in [1.29, 1.82) is 0 Å². The van der Waals surface area contributed by atoms with Gasteiger partial charge in [-0.3, -0.25) is 17.7 Å². The Kier molecular flexibility index (Phi) is 6.09. The predicted octanol–water partition coefficient (Wildman–Crippen LogP) is 2.02. The van der Waals surface area contributed by atoms with Crippen molar-refractivity contribution < 1.29 is 17.7 Å². The normalized spacial score (nSPS) is 16.0. The van der Waals surface area contributed by atoms with Gasteiger partial charge in [-0.25, -0.2) is 0 Å². The van der Waals surface area contributed by atoms with E-state index in [1.165, 1.54) is 0 Å². The van der Waals surface area contributed by atoms with E-state index < -0.39 is 7.54 Å². The average molecular weight is 193 g/mol. The van der Waals surface area contributed by atoms with Gasteiger partial charge >= 0.3 is 7.54 Å². The van der Waals surface area contributed by atoms with E-state index in [2.05, 4.69) is 0 Å². The van der Waals surface area contributed by atoms with Crippen LogP contribution in [0, 0.1) is 0 Å². The molecule has 1 heterocycles. The van der Waals surface area contributed by atoms with Crippen molar-refractivity contribution >= 4 is 13.5 Å². The van der Waals surface area contributed by atoms with Gasteiger partial charge in [0.05, 0.1) is 0 Å². The quantitative estimate of drug-likeness (QED) is 0.583. The van der Waals surface area contributed by atoms with E-state index in [1.54, 1.807) is 4.90 Å². The molecule has 1 rings (SSSR count). The molecule has 0 spiro atoms. The van der Waals surface area contributed by atoms with Crippen LogP contribution >= 0.6 is 0 Å². The molecule has 0 unspecified atom stereocenters. The van der Waals surface area contributed by atoms with Gasteiger partial charge in [-0.05, 0) is 13.3 Å². The Morgan fingerprint density at radius 1 is 1.46 bits per heavy atom. The first-order chi connectivity index (χ1) is 6.07. The van der Waals surface area contributed by atoms with Gasteiger partial charge in [-0.1, -0.05) is 6.08 Å². The van der Waals surface area contributed by atoms with E-state index in [9.17, 15) is 17.7 Å². The van der Waals surface area contributed by atoms with Crippen LogP contribution in [-0.4, -0.2) is 24.9 Å². The maximum atomic E-state index is 10.8. The zero-order valence-electron chi connectivity index (χ0n) is 7.34. The fraction of sp³-hybridized carbons (Fsp3) is 0.571. The zero-order chi connectivity index (χ0) is 10.3. The van der Waals surface area contributed by atoms with Gasteiger partial charge in [0.1, 0.15) is 0 Å². The van der Waals surface area contributed by atoms with Gasteiger partial charge in [-0.15, -0.1) is 0 Å². The highest BCUT2D eigenvalue weighted by Gasteiger charge is 2.16. The first-order valence-corrected chi connectivity index (χ1v) is 3.92. The molecule has 0 aromatic carbocycles. The van der Waals surface area contributed by atoms with E-state index in [0.717, 1.165) is 19.4 Å². The SMILES string of the molecule is CC=CN1CCCC1=O.FB(F)F. The van der Waals surface area contributed by atoms with Crippen LogP contribution in [-0.2, 0) is 4.79 Å². The Morgan fingerprint density at radius 3 is 2.31 bits per heavy atom. The number of nitrogens with zero attached hydrogens (tertiary/aromatic N) is 1. The number of rotatable bonds is 1. The highest BCUT2D eigenvalue weighted by atomic mass is 19.4. The molecule has 1 aliphatic heterocycles. The number of hydrogen-bond donors (Lipinski definition) is 0. The van der Waals surface area contributed by atoms with E-state index >= 15 is 0 Å². The minimum atomic E-state index is -3.67.